The fraction of sp³-hybridized carbons (Fsp3) is 0.727. The minimum Gasteiger partial charge on any atom is -0.342 e. The third-order valence-electron chi connectivity index (χ3n) is 3.15. The van der Waals surface area contributed by atoms with E-state index >= 15 is 0 Å². The van der Waals surface area contributed by atoms with E-state index in [1.54, 1.807) is 11.0 Å². The zero-order valence-electron chi connectivity index (χ0n) is 8.96. The van der Waals surface area contributed by atoms with E-state index in [4.69, 9.17) is 5.73 Å². The van der Waals surface area contributed by atoms with Crippen molar-refractivity contribution in [2.24, 2.45) is 11.1 Å². The second-order valence-electron chi connectivity index (χ2n) is 4.17. The van der Waals surface area contributed by atoms with Gasteiger partial charge in [-0.25, -0.2) is 0 Å². The van der Waals surface area contributed by atoms with Gasteiger partial charge in [0.25, 0.3) is 0 Å². The Morgan fingerprint density at radius 1 is 1.57 bits per heavy atom. The van der Waals surface area contributed by atoms with E-state index in [1.165, 1.54) is 0 Å². The molecule has 14 heavy (non-hydrogen) atoms. The molecule has 1 fully saturated rings. The van der Waals surface area contributed by atoms with Crippen molar-refractivity contribution in [3.63, 3.8) is 0 Å². The van der Waals surface area contributed by atoms with Gasteiger partial charge in [-0.15, -0.1) is 6.58 Å². The van der Waals surface area contributed by atoms with Gasteiger partial charge in [0.1, 0.15) is 0 Å². The lowest BCUT2D eigenvalue weighted by Crippen LogP contribution is -2.45. The lowest BCUT2D eigenvalue weighted by atomic mass is 9.85. The molecule has 2 N–H and O–H groups in total. The average molecular weight is 196 g/mol. The van der Waals surface area contributed by atoms with Crippen LogP contribution in [-0.2, 0) is 4.79 Å². The first-order valence-corrected chi connectivity index (χ1v) is 5.23. The topological polar surface area (TPSA) is 46.3 Å². The molecular formula is C11H20N2O. The summed E-state index contributed by atoms with van der Waals surface area (Å²) in [6.07, 6.45) is 5.90. The van der Waals surface area contributed by atoms with Gasteiger partial charge < -0.3 is 10.6 Å². The fourth-order valence-corrected chi connectivity index (χ4v) is 2.24. The van der Waals surface area contributed by atoms with E-state index in [-0.39, 0.29) is 11.3 Å². The SMILES string of the molecule is C=CCN(C)C(=O)C1(CN)CCCC1. The third kappa shape index (κ3) is 1.98. The van der Waals surface area contributed by atoms with Gasteiger partial charge in [-0.05, 0) is 12.8 Å². The number of hydrogen-bond donors (Lipinski definition) is 1. The molecule has 0 radical (unpaired) electrons. The Hall–Kier alpha value is -0.830. The molecule has 0 aliphatic heterocycles. The summed E-state index contributed by atoms with van der Waals surface area (Å²) >= 11 is 0. The molecule has 0 atom stereocenters. The van der Waals surface area contributed by atoms with Crippen molar-refractivity contribution in [1.29, 1.82) is 0 Å². The van der Waals surface area contributed by atoms with Crippen LogP contribution in [0.4, 0.5) is 0 Å². The zero-order valence-corrected chi connectivity index (χ0v) is 8.96. The summed E-state index contributed by atoms with van der Waals surface area (Å²) in [6, 6.07) is 0. The van der Waals surface area contributed by atoms with Crippen LogP contribution >= 0.6 is 0 Å². The summed E-state index contributed by atoms with van der Waals surface area (Å²) in [4.78, 5) is 13.8. The van der Waals surface area contributed by atoms with Gasteiger partial charge in [0.2, 0.25) is 5.91 Å². The minimum absolute atomic E-state index is 0.192. The van der Waals surface area contributed by atoms with E-state index in [0.717, 1.165) is 25.7 Å². The van der Waals surface area contributed by atoms with E-state index in [0.29, 0.717) is 13.1 Å². The highest BCUT2D eigenvalue weighted by atomic mass is 16.2. The van der Waals surface area contributed by atoms with Crippen LogP contribution in [0.3, 0.4) is 0 Å². The molecule has 0 aromatic heterocycles. The van der Waals surface area contributed by atoms with E-state index in [2.05, 4.69) is 6.58 Å². The highest BCUT2D eigenvalue weighted by Gasteiger charge is 2.41. The number of nitrogens with zero attached hydrogens (tertiary/aromatic N) is 1. The highest BCUT2D eigenvalue weighted by molar-refractivity contribution is 5.83. The molecule has 0 aromatic carbocycles. The number of nitrogens with two attached hydrogens (primary N) is 1. The number of carbonyl (C=O) groups is 1. The summed E-state index contributed by atoms with van der Waals surface area (Å²) in [5.41, 5.74) is 5.46. The summed E-state index contributed by atoms with van der Waals surface area (Å²) in [5.74, 6) is 0.192. The van der Waals surface area contributed by atoms with Crippen molar-refractivity contribution >= 4 is 5.91 Å². The molecule has 0 spiro atoms. The van der Waals surface area contributed by atoms with E-state index in [1.807, 2.05) is 7.05 Å². The van der Waals surface area contributed by atoms with Crippen LogP contribution < -0.4 is 5.73 Å². The predicted octanol–water partition coefficient (Wildman–Crippen LogP) is 1.15. The average Bonchev–Trinajstić information content (AvgIpc) is 2.66. The Morgan fingerprint density at radius 3 is 2.57 bits per heavy atom. The normalized spacial score (nSPS) is 19.3. The molecule has 0 saturated heterocycles. The maximum Gasteiger partial charge on any atom is 0.230 e. The number of likely N-dealkylation sites (N-methyl/N-ethyl adjacent to an activating group) is 1. The van der Waals surface area contributed by atoms with Crippen LogP contribution in [0.5, 0.6) is 0 Å². The van der Waals surface area contributed by atoms with Crippen molar-refractivity contribution in [3.8, 4) is 0 Å². The summed E-state index contributed by atoms with van der Waals surface area (Å²) in [5, 5.41) is 0. The Bertz CT molecular complexity index is 219. The molecule has 0 unspecified atom stereocenters. The quantitative estimate of drug-likeness (QED) is 0.686. The van der Waals surface area contributed by atoms with Crippen LogP contribution in [0.15, 0.2) is 12.7 Å². The summed E-state index contributed by atoms with van der Waals surface area (Å²) < 4.78 is 0. The third-order valence-corrected chi connectivity index (χ3v) is 3.15. The van der Waals surface area contributed by atoms with Gasteiger partial charge in [0.15, 0.2) is 0 Å². The molecule has 3 heteroatoms. The van der Waals surface area contributed by atoms with Crippen LogP contribution in [0, 0.1) is 5.41 Å². The minimum atomic E-state index is -0.266. The molecule has 0 bridgehead atoms. The highest BCUT2D eigenvalue weighted by Crippen LogP contribution is 2.38. The van der Waals surface area contributed by atoms with Crippen LogP contribution in [-0.4, -0.2) is 30.9 Å². The number of amides is 1. The summed E-state index contributed by atoms with van der Waals surface area (Å²) in [7, 11) is 1.82. The van der Waals surface area contributed by atoms with Crippen molar-refractivity contribution in [3.05, 3.63) is 12.7 Å². The van der Waals surface area contributed by atoms with Crippen LogP contribution in [0.1, 0.15) is 25.7 Å². The largest absolute Gasteiger partial charge is 0.342 e. The maximum absolute atomic E-state index is 12.1. The molecular weight excluding hydrogens is 176 g/mol. The van der Waals surface area contributed by atoms with Gasteiger partial charge >= 0.3 is 0 Å². The molecule has 1 aliphatic rings. The van der Waals surface area contributed by atoms with Gasteiger partial charge in [-0.1, -0.05) is 18.9 Å². The molecule has 0 aromatic rings. The zero-order chi connectivity index (χ0) is 10.6. The van der Waals surface area contributed by atoms with Crippen molar-refractivity contribution in [2.45, 2.75) is 25.7 Å². The Kier molecular flexibility index (Phi) is 3.69. The van der Waals surface area contributed by atoms with Crippen molar-refractivity contribution in [1.82, 2.24) is 4.90 Å². The number of hydrogen-bond acceptors (Lipinski definition) is 2. The van der Waals surface area contributed by atoms with Crippen LogP contribution in [0.25, 0.3) is 0 Å². The van der Waals surface area contributed by atoms with Gasteiger partial charge in [-0.3, -0.25) is 4.79 Å². The standard InChI is InChI=1S/C11H20N2O/c1-3-8-13(2)10(14)11(9-12)6-4-5-7-11/h3H,1,4-9,12H2,2H3. The van der Waals surface area contributed by atoms with Crippen molar-refractivity contribution < 1.29 is 4.79 Å². The van der Waals surface area contributed by atoms with Gasteiger partial charge in [0, 0.05) is 20.1 Å². The lowest BCUT2D eigenvalue weighted by molar-refractivity contribution is -0.139. The second-order valence-corrected chi connectivity index (χ2v) is 4.17. The Labute approximate surface area is 86.0 Å². The molecule has 80 valence electrons. The Morgan fingerprint density at radius 2 is 2.14 bits per heavy atom. The van der Waals surface area contributed by atoms with Crippen molar-refractivity contribution in [2.75, 3.05) is 20.1 Å². The fourth-order valence-electron chi connectivity index (χ4n) is 2.24. The second kappa shape index (κ2) is 4.60. The molecule has 1 rings (SSSR count). The predicted molar refractivity (Wildman–Crippen MR) is 57.8 cm³/mol. The maximum atomic E-state index is 12.1. The molecule has 1 amide bonds. The van der Waals surface area contributed by atoms with Crippen LogP contribution in [0.2, 0.25) is 0 Å². The first-order chi connectivity index (χ1) is 6.66. The van der Waals surface area contributed by atoms with Gasteiger partial charge in [-0.2, -0.15) is 0 Å². The number of rotatable bonds is 4. The summed E-state index contributed by atoms with van der Waals surface area (Å²) in [6.45, 7) is 4.72. The lowest BCUT2D eigenvalue weighted by Gasteiger charge is -2.30. The molecule has 1 saturated carbocycles. The molecule has 0 heterocycles. The van der Waals surface area contributed by atoms with Gasteiger partial charge in [0.05, 0.1) is 5.41 Å². The molecule has 1 aliphatic carbocycles. The number of carbonyl (C=O) groups excluding carboxylic acids is 1. The smallest absolute Gasteiger partial charge is 0.230 e. The first-order valence-electron chi connectivity index (χ1n) is 5.23. The molecule has 3 nitrogen and oxygen atoms in total. The first kappa shape index (κ1) is 11.2. The Balaban J connectivity index is 2.68. The van der Waals surface area contributed by atoms with E-state index in [9.17, 15) is 4.79 Å². The van der Waals surface area contributed by atoms with E-state index < -0.39 is 0 Å². The monoisotopic (exact) mass is 196 g/mol.